The molecule has 0 aliphatic carbocycles. The summed E-state index contributed by atoms with van der Waals surface area (Å²) in [4.78, 5) is 30.1. The summed E-state index contributed by atoms with van der Waals surface area (Å²) >= 11 is 3.43. The first-order chi connectivity index (χ1) is 34.5. The molecule has 0 N–H and O–H groups in total. The van der Waals surface area contributed by atoms with E-state index in [2.05, 4.69) is 39.8 Å². The van der Waals surface area contributed by atoms with Crippen LogP contribution in [0.5, 0.6) is 0 Å². The molecule has 2 unspecified atom stereocenters. The molecule has 4 heteroatoms. The van der Waals surface area contributed by atoms with E-state index in [9.17, 15) is 9.59 Å². The van der Waals surface area contributed by atoms with E-state index in [-0.39, 0.29) is 11.6 Å². The van der Waals surface area contributed by atoms with E-state index < -0.39 is 0 Å². The molecular weight excluding hydrogens is 889 g/mol. The van der Waals surface area contributed by atoms with Gasteiger partial charge in [0.05, 0.1) is 0 Å². The third-order valence-corrected chi connectivity index (χ3v) is 17.8. The van der Waals surface area contributed by atoms with Crippen LogP contribution in [0.3, 0.4) is 0 Å². The molecule has 0 saturated carbocycles. The lowest BCUT2D eigenvalue weighted by molar-refractivity contribution is 0.0817. The van der Waals surface area contributed by atoms with E-state index in [0.717, 1.165) is 12.8 Å². The monoisotopic (exact) mass is 1010 g/mol. The van der Waals surface area contributed by atoms with Crippen LogP contribution >= 0.6 is 22.7 Å². The lowest BCUT2D eigenvalue weighted by Crippen LogP contribution is -2.13. The number of carbonyl (C=O) groups is 2. The smallest absolute Gasteiger partial charge is 0.234 e. The number of hydrogen-bond acceptors (Lipinski definition) is 4. The molecule has 2 nitrogen and oxygen atoms in total. The largest absolute Gasteiger partial charge is 0.285 e. The van der Waals surface area contributed by atoms with Crippen LogP contribution in [0.2, 0.25) is 0 Å². The third-order valence-electron chi connectivity index (χ3n) is 15.9. The van der Waals surface area contributed by atoms with E-state index in [1.54, 1.807) is 22.7 Å². The van der Waals surface area contributed by atoms with Gasteiger partial charge in [0.2, 0.25) is 11.6 Å². The Hall–Kier alpha value is -1.26. The Morgan fingerprint density at radius 2 is 0.486 bits per heavy atom. The Kier molecular flexibility index (Phi) is 45.1. The minimum atomic E-state index is -0.308. The normalized spacial score (nSPS) is 12.6. The van der Waals surface area contributed by atoms with E-state index in [1.807, 2.05) is 10.8 Å². The Morgan fingerprint density at radius 1 is 0.300 bits per heavy atom. The zero-order valence-electron chi connectivity index (χ0n) is 47.5. The minimum Gasteiger partial charge on any atom is -0.285 e. The summed E-state index contributed by atoms with van der Waals surface area (Å²) in [6.45, 7) is 9.21. The second-order valence-corrected chi connectivity index (χ2v) is 24.7. The highest BCUT2D eigenvalue weighted by atomic mass is 32.1. The van der Waals surface area contributed by atoms with Crippen LogP contribution < -0.4 is 0 Å². The van der Waals surface area contributed by atoms with Gasteiger partial charge in [-0.2, -0.15) is 0 Å². The van der Waals surface area contributed by atoms with Crippen LogP contribution in [0, 0.1) is 11.8 Å². The number of Topliss-reactive ketones (excluding diaryl/α,β-unsaturated/α-hetero) is 2. The lowest BCUT2D eigenvalue weighted by atomic mass is 9.90. The number of hydrogen-bond donors (Lipinski definition) is 0. The first-order valence-corrected chi connectivity index (χ1v) is 33.5. The van der Waals surface area contributed by atoms with Crippen LogP contribution in [-0.2, 0) is 12.8 Å². The second-order valence-electron chi connectivity index (χ2n) is 22.7. The van der Waals surface area contributed by atoms with Crippen molar-refractivity contribution in [1.82, 2.24) is 0 Å². The van der Waals surface area contributed by atoms with Crippen molar-refractivity contribution in [3.05, 3.63) is 43.8 Å². The van der Waals surface area contributed by atoms with Crippen molar-refractivity contribution in [2.24, 2.45) is 11.8 Å². The predicted molar refractivity (Wildman–Crippen MR) is 316 cm³/mol. The summed E-state index contributed by atoms with van der Waals surface area (Å²) in [5.41, 5.74) is 1.23. The van der Waals surface area contributed by atoms with Crippen molar-refractivity contribution in [1.29, 1.82) is 0 Å². The molecule has 2 rings (SSSR count). The highest BCUT2D eigenvalue weighted by Gasteiger charge is 2.23. The summed E-state index contributed by atoms with van der Waals surface area (Å²) in [7, 11) is 0. The van der Waals surface area contributed by atoms with Crippen molar-refractivity contribution < 1.29 is 9.59 Å². The molecule has 0 bridgehead atoms. The molecule has 0 fully saturated rings. The predicted octanol–water partition coefficient (Wildman–Crippen LogP) is 24.0. The fraction of sp³-hybridized carbons (Fsp3) is 0.848. The molecular formula is C66H118O2S2. The standard InChI is InChI=1S/C66H118O2S2/c1-5-9-13-17-21-25-29-31-35-39-43-47-51-59(49-45-41-37-33-27-23-19-15-11-7-3)53-63-55-61(57-69-63)65(67)66(68)62-56-64(70-58-62)54-60(50-46-42-38-34-28-24-20-16-12-8-4)52-48-44-40-36-32-30-26-22-18-14-10-6-2/h55-60H,5-54H2,1-4H3. The first kappa shape index (κ1) is 64.9. The van der Waals surface area contributed by atoms with Crippen molar-refractivity contribution >= 4 is 34.2 Å². The van der Waals surface area contributed by atoms with Gasteiger partial charge in [-0.3, -0.25) is 9.59 Å². The highest BCUT2D eigenvalue weighted by Crippen LogP contribution is 2.30. The number of unbranched alkanes of at least 4 members (excludes halogenated alkanes) is 40. The molecule has 0 aliphatic heterocycles. The van der Waals surface area contributed by atoms with Crippen molar-refractivity contribution in [3.63, 3.8) is 0 Å². The van der Waals surface area contributed by atoms with Gasteiger partial charge in [-0.25, -0.2) is 0 Å². The summed E-state index contributed by atoms with van der Waals surface area (Å²) in [6.07, 6.45) is 68.4. The average molecular weight is 1010 g/mol. The molecule has 2 heterocycles. The van der Waals surface area contributed by atoms with Crippen LogP contribution in [0.25, 0.3) is 0 Å². The number of carbonyl (C=O) groups excluding carboxylic acids is 2. The summed E-state index contributed by atoms with van der Waals surface area (Å²) < 4.78 is 0. The first-order valence-electron chi connectivity index (χ1n) is 31.8. The average Bonchev–Trinajstić information content (AvgIpc) is 4.05. The fourth-order valence-electron chi connectivity index (χ4n) is 11.1. The van der Waals surface area contributed by atoms with E-state index >= 15 is 0 Å². The minimum absolute atomic E-state index is 0.308. The lowest BCUT2D eigenvalue weighted by Gasteiger charge is -2.16. The zero-order chi connectivity index (χ0) is 50.2. The van der Waals surface area contributed by atoms with Gasteiger partial charge in [-0.1, -0.05) is 336 Å². The fourth-order valence-corrected chi connectivity index (χ4v) is 13.1. The number of ketones is 2. The van der Waals surface area contributed by atoms with Gasteiger partial charge in [0.25, 0.3) is 0 Å². The molecule has 0 spiro atoms. The molecule has 0 aromatic carbocycles. The maximum Gasteiger partial charge on any atom is 0.234 e. The van der Waals surface area contributed by atoms with Gasteiger partial charge < -0.3 is 0 Å². The SMILES string of the molecule is CCCCCCCCCCCCCCC(CCCCCCCCCCCC)Cc1cc(C(=O)C(=O)c2csc(CC(CCCCCCCCCCCC)CCCCCCCCCCCCCC)c2)cs1. The number of rotatable bonds is 55. The topological polar surface area (TPSA) is 34.1 Å². The molecule has 0 amide bonds. The molecule has 2 aromatic rings. The Balaban J connectivity index is 1.89. The van der Waals surface area contributed by atoms with Crippen LogP contribution in [0.4, 0.5) is 0 Å². The molecule has 0 saturated heterocycles. The number of thiophene rings is 2. The Labute approximate surface area is 445 Å². The molecule has 2 aromatic heterocycles. The van der Waals surface area contributed by atoms with Gasteiger partial charge in [0.1, 0.15) is 0 Å². The van der Waals surface area contributed by atoms with E-state index in [4.69, 9.17) is 0 Å². The molecule has 70 heavy (non-hydrogen) atoms. The Bertz CT molecular complexity index is 1310. The van der Waals surface area contributed by atoms with E-state index in [0.29, 0.717) is 23.0 Å². The quantitative estimate of drug-likeness (QED) is 0.0376. The van der Waals surface area contributed by atoms with Crippen LogP contribution in [0.15, 0.2) is 22.9 Å². The molecule has 0 aliphatic rings. The second kappa shape index (κ2) is 48.7. The van der Waals surface area contributed by atoms with Crippen LogP contribution in [0.1, 0.15) is 366 Å². The van der Waals surface area contributed by atoms with Crippen molar-refractivity contribution in [2.75, 3.05) is 0 Å². The van der Waals surface area contributed by atoms with Gasteiger partial charge in [-0.05, 0) is 36.8 Å². The summed E-state index contributed by atoms with van der Waals surface area (Å²) in [5, 5.41) is 3.97. The molecule has 406 valence electrons. The maximum absolute atomic E-state index is 13.8. The van der Waals surface area contributed by atoms with Crippen LogP contribution in [-0.4, -0.2) is 11.6 Å². The van der Waals surface area contributed by atoms with Gasteiger partial charge >= 0.3 is 0 Å². The van der Waals surface area contributed by atoms with Crippen molar-refractivity contribution in [3.8, 4) is 0 Å². The molecule has 2 atom stereocenters. The summed E-state index contributed by atoms with van der Waals surface area (Å²) in [5.74, 6) is 0.740. The van der Waals surface area contributed by atoms with Crippen molar-refractivity contribution in [2.45, 2.75) is 349 Å². The third kappa shape index (κ3) is 36.6. The Morgan fingerprint density at radius 3 is 0.686 bits per heavy atom. The van der Waals surface area contributed by atoms with E-state index in [1.165, 1.54) is 318 Å². The maximum atomic E-state index is 13.8. The molecule has 0 radical (unpaired) electrons. The van der Waals surface area contributed by atoms with Gasteiger partial charge in [0, 0.05) is 31.6 Å². The van der Waals surface area contributed by atoms with Gasteiger partial charge in [0.15, 0.2) is 0 Å². The summed E-state index contributed by atoms with van der Waals surface area (Å²) in [6, 6.07) is 4.17. The van der Waals surface area contributed by atoms with Gasteiger partial charge in [-0.15, -0.1) is 22.7 Å². The zero-order valence-corrected chi connectivity index (χ0v) is 49.1. The highest BCUT2D eigenvalue weighted by molar-refractivity contribution is 7.10.